The smallest absolute Gasteiger partial charge is 0.255 e. The molecule has 0 bridgehead atoms. The first-order valence-electron chi connectivity index (χ1n) is 8.81. The summed E-state index contributed by atoms with van der Waals surface area (Å²) < 4.78 is 10.9. The second kappa shape index (κ2) is 8.11. The minimum Gasteiger partial charge on any atom is -0.496 e. The van der Waals surface area contributed by atoms with E-state index in [1.165, 1.54) is 11.1 Å². The summed E-state index contributed by atoms with van der Waals surface area (Å²) in [5.41, 5.74) is 2.80. The summed E-state index contributed by atoms with van der Waals surface area (Å²) in [5, 5.41) is 3.60. The van der Waals surface area contributed by atoms with Gasteiger partial charge in [-0.1, -0.05) is 41.4 Å². The highest BCUT2D eigenvalue weighted by Crippen LogP contribution is 2.34. The second-order valence-electron chi connectivity index (χ2n) is 6.79. The third-order valence-corrected chi connectivity index (χ3v) is 5.34. The van der Waals surface area contributed by atoms with Gasteiger partial charge in [-0.2, -0.15) is 0 Å². The predicted octanol–water partition coefficient (Wildman–Crippen LogP) is 4.14. The number of rotatable bonds is 5. The Hall–Kier alpha value is -2.04. The quantitative estimate of drug-likeness (QED) is 0.857. The molecule has 0 saturated carbocycles. The Kier molecular flexibility index (Phi) is 5.84. The van der Waals surface area contributed by atoms with Gasteiger partial charge < -0.3 is 14.8 Å². The number of benzene rings is 2. The zero-order chi connectivity index (χ0) is 18.6. The van der Waals surface area contributed by atoms with Gasteiger partial charge in [-0.3, -0.25) is 4.79 Å². The summed E-state index contributed by atoms with van der Waals surface area (Å²) >= 11 is 6.05. The molecule has 138 valence electrons. The van der Waals surface area contributed by atoms with Gasteiger partial charge in [-0.15, -0.1) is 0 Å². The molecule has 2 aromatic rings. The Balaban J connectivity index is 1.81. The molecule has 1 saturated heterocycles. The number of hydrogen-bond donors (Lipinski definition) is 1. The molecule has 3 rings (SSSR count). The summed E-state index contributed by atoms with van der Waals surface area (Å²) in [6.07, 6.45) is 1.76. The number of hydrogen-bond acceptors (Lipinski definition) is 3. The molecule has 0 unspecified atom stereocenters. The lowest BCUT2D eigenvalue weighted by molar-refractivity contribution is 0.0487. The van der Waals surface area contributed by atoms with Gasteiger partial charge in [0.1, 0.15) is 5.75 Å². The topological polar surface area (TPSA) is 47.6 Å². The molecule has 26 heavy (non-hydrogen) atoms. The standard InChI is InChI=1S/C21H24ClNO3/c1-15-3-5-16(6-4-15)21(9-11-26-12-10-21)14-23-20(24)18-13-17(22)7-8-19(18)25-2/h3-8,13H,9-12,14H2,1-2H3,(H,23,24). The molecule has 0 aromatic heterocycles. The Morgan fingerprint density at radius 1 is 1.19 bits per heavy atom. The van der Waals surface area contributed by atoms with Crippen molar-refractivity contribution in [1.82, 2.24) is 5.32 Å². The zero-order valence-electron chi connectivity index (χ0n) is 15.2. The molecule has 0 aliphatic carbocycles. The fraction of sp³-hybridized carbons (Fsp3) is 0.381. The number of methoxy groups -OCH3 is 1. The number of carbonyl (C=O) groups is 1. The van der Waals surface area contributed by atoms with E-state index in [0.717, 1.165) is 12.8 Å². The highest BCUT2D eigenvalue weighted by Gasteiger charge is 2.35. The Bertz CT molecular complexity index is 767. The maximum Gasteiger partial charge on any atom is 0.255 e. The van der Waals surface area contributed by atoms with Gasteiger partial charge in [-0.25, -0.2) is 0 Å². The van der Waals surface area contributed by atoms with Gasteiger partial charge in [0.2, 0.25) is 0 Å². The van der Waals surface area contributed by atoms with Crippen molar-refractivity contribution in [3.8, 4) is 5.75 Å². The highest BCUT2D eigenvalue weighted by atomic mass is 35.5. The summed E-state index contributed by atoms with van der Waals surface area (Å²) in [6.45, 7) is 4.02. The third-order valence-electron chi connectivity index (χ3n) is 5.11. The fourth-order valence-corrected chi connectivity index (χ4v) is 3.61. The zero-order valence-corrected chi connectivity index (χ0v) is 15.9. The molecule has 1 fully saturated rings. The lowest BCUT2D eigenvalue weighted by Gasteiger charge is -2.38. The van der Waals surface area contributed by atoms with Crippen molar-refractivity contribution in [2.45, 2.75) is 25.2 Å². The van der Waals surface area contributed by atoms with Crippen LogP contribution in [0.3, 0.4) is 0 Å². The Labute approximate surface area is 159 Å². The van der Waals surface area contributed by atoms with Crippen molar-refractivity contribution >= 4 is 17.5 Å². The van der Waals surface area contributed by atoms with E-state index in [-0.39, 0.29) is 11.3 Å². The van der Waals surface area contributed by atoms with Crippen LogP contribution in [0.15, 0.2) is 42.5 Å². The van der Waals surface area contributed by atoms with E-state index in [2.05, 4.69) is 36.5 Å². The SMILES string of the molecule is COc1ccc(Cl)cc1C(=O)NCC1(c2ccc(C)cc2)CCOCC1. The first kappa shape index (κ1) is 18.7. The minimum absolute atomic E-state index is 0.118. The lowest BCUT2D eigenvalue weighted by atomic mass is 9.74. The van der Waals surface area contributed by atoms with E-state index >= 15 is 0 Å². The van der Waals surface area contributed by atoms with E-state index in [1.54, 1.807) is 25.3 Å². The van der Waals surface area contributed by atoms with Crippen LogP contribution in [0.25, 0.3) is 0 Å². The summed E-state index contributed by atoms with van der Waals surface area (Å²) in [7, 11) is 1.55. The number of amides is 1. The average molecular weight is 374 g/mol. The first-order chi connectivity index (χ1) is 12.5. The van der Waals surface area contributed by atoms with E-state index in [9.17, 15) is 4.79 Å². The van der Waals surface area contributed by atoms with Gasteiger partial charge in [0.15, 0.2) is 0 Å². The van der Waals surface area contributed by atoms with Crippen molar-refractivity contribution in [2.75, 3.05) is 26.9 Å². The molecule has 1 heterocycles. The second-order valence-corrected chi connectivity index (χ2v) is 7.22. The van der Waals surface area contributed by atoms with Gasteiger partial charge >= 0.3 is 0 Å². The van der Waals surface area contributed by atoms with Crippen molar-refractivity contribution < 1.29 is 14.3 Å². The van der Waals surface area contributed by atoms with Crippen LogP contribution in [-0.2, 0) is 10.2 Å². The van der Waals surface area contributed by atoms with E-state index in [4.69, 9.17) is 21.1 Å². The monoisotopic (exact) mass is 373 g/mol. The van der Waals surface area contributed by atoms with Crippen LogP contribution in [0, 0.1) is 6.92 Å². The summed E-state index contributed by atoms with van der Waals surface area (Å²) in [4.78, 5) is 12.8. The number of halogens is 1. The molecule has 0 radical (unpaired) electrons. The number of nitrogens with one attached hydrogen (secondary N) is 1. The van der Waals surface area contributed by atoms with Crippen LogP contribution in [0.5, 0.6) is 5.75 Å². The molecule has 2 aromatic carbocycles. The van der Waals surface area contributed by atoms with Gasteiger partial charge in [0.25, 0.3) is 5.91 Å². The Morgan fingerprint density at radius 2 is 1.88 bits per heavy atom. The number of aryl methyl sites for hydroxylation is 1. The number of carbonyl (C=O) groups excluding carboxylic acids is 1. The van der Waals surface area contributed by atoms with Crippen molar-refractivity contribution in [1.29, 1.82) is 0 Å². The van der Waals surface area contributed by atoms with Crippen molar-refractivity contribution in [3.63, 3.8) is 0 Å². The Morgan fingerprint density at radius 3 is 2.54 bits per heavy atom. The summed E-state index contributed by atoms with van der Waals surface area (Å²) in [6, 6.07) is 13.6. The molecule has 1 aliphatic rings. The van der Waals surface area contributed by atoms with Crippen LogP contribution in [0.4, 0.5) is 0 Å². The summed E-state index contributed by atoms with van der Waals surface area (Å²) in [5.74, 6) is 0.339. The number of ether oxygens (including phenoxy) is 2. The lowest BCUT2D eigenvalue weighted by Crippen LogP contribution is -2.44. The molecule has 0 atom stereocenters. The van der Waals surface area contributed by atoms with Gasteiger partial charge in [-0.05, 0) is 43.5 Å². The molecular formula is C21H24ClNO3. The first-order valence-corrected chi connectivity index (χ1v) is 9.18. The molecule has 5 heteroatoms. The van der Waals surface area contributed by atoms with Crippen LogP contribution >= 0.6 is 11.6 Å². The molecular weight excluding hydrogens is 350 g/mol. The normalized spacial score (nSPS) is 16.1. The van der Waals surface area contributed by atoms with Crippen molar-refractivity contribution in [3.05, 3.63) is 64.2 Å². The largest absolute Gasteiger partial charge is 0.496 e. The van der Waals surface area contributed by atoms with Gasteiger partial charge in [0, 0.05) is 30.2 Å². The van der Waals surface area contributed by atoms with Crippen LogP contribution in [0.1, 0.15) is 34.3 Å². The average Bonchev–Trinajstić information content (AvgIpc) is 2.67. The third kappa shape index (κ3) is 4.02. The molecule has 1 N–H and O–H groups in total. The van der Waals surface area contributed by atoms with E-state index in [0.29, 0.717) is 36.1 Å². The van der Waals surface area contributed by atoms with Crippen molar-refractivity contribution in [2.24, 2.45) is 0 Å². The maximum absolute atomic E-state index is 12.8. The van der Waals surface area contributed by atoms with E-state index < -0.39 is 0 Å². The van der Waals surface area contributed by atoms with Crippen LogP contribution in [0.2, 0.25) is 5.02 Å². The molecule has 1 amide bonds. The fourth-order valence-electron chi connectivity index (χ4n) is 3.44. The molecule has 4 nitrogen and oxygen atoms in total. The minimum atomic E-state index is -0.178. The predicted molar refractivity (Wildman–Crippen MR) is 103 cm³/mol. The van der Waals surface area contributed by atoms with Gasteiger partial charge in [0.05, 0.1) is 12.7 Å². The maximum atomic E-state index is 12.8. The molecule has 0 spiro atoms. The molecule has 1 aliphatic heterocycles. The highest BCUT2D eigenvalue weighted by molar-refractivity contribution is 6.31. The van der Waals surface area contributed by atoms with Crippen LogP contribution in [-0.4, -0.2) is 32.8 Å². The van der Waals surface area contributed by atoms with Crippen LogP contribution < -0.4 is 10.1 Å². The van der Waals surface area contributed by atoms with E-state index in [1.807, 2.05) is 0 Å².